The van der Waals surface area contributed by atoms with Gasteiger partial charge in [-0.2, -0.15) is 0 Å². The zero-order valence-corrected chi connectivity index (χ0v) is 16.8. The third-order valence-electron chi connectivity index (χ3n) is 4.38. The number of ketones is 1. The molecule has 0 aliphatic carbocycles. The fraction of sp³-hybridized carbons (Fsp3) is 0.286. The van der Waals surface area contributed by atoms with Gasteiger partial charge in [-0.1, -0.05) is 35.5 Å². The summed E-state index contributed by atoms with van der Waals surface area (Å²) >= 11 is 1.33. The molecule has 0 spiro atoms. The van der Waals surface area contributed by atoms with E-state index in [0.717, 1.165) is 22.4 Å². The largest absolute Gasteiger partial charge is 0.486 e. The molecule has 1 heterocycles. The minimum absolute atomic E-state index is 0.0860. The van der Waals surface area contributed by atoms with Crippen LogP contribution in [0.4, 0.5) is 0 Å². The molecule has 0 aliphatic heterocycles. The number of thioether (sulfide) groups is 1. The molecule has 1 aromatic heterocycles. The molecule has 2 aromatic carbocycles. The summed E-state index contributed by atoms with van der Waals surface area (Å²) in [6.45, 7) is 8.39. The predicted molar refractivity (Wildman–Crippen MR) is 108 cm³/mol. The molecule has 140 valence electrons. The van der Waals surface area contributed by atoms with E-state index >= 15 is 0 Å². The van der Waals surface area contributed by atoms with Gasteiger partial charge in [0.15, 0.2) is 11.6 Å². The minimum Gasteiger partial charge on any atom is -0.486 e. The van der Waals surface area contributed by atoms with Gasteiger partial charge in [0.05, 0.1) is 5.75 Å². The Labute approximate surface area is 163 Å². The highest BCUT2D eigenvalue weighted by atomic mass is 32.2. The highest BCUT2D eigenvalue weighted by Crippen LogP contribution is 2.20. The van der Waals surface area contributed by atoms with Gasteiger partial charge in [-0.25, -0.2) is 4.98 Å². The normalized spacial score (nSPS) is 10.8. The maximum Gasteiger partial charge on any atom is 0.208 e. The molecular weight excluding hydrogens is 358 g/mol. The van der Waals surface area contributed by atoms with Gasteiger partial charge in [0.2, 0.25) is 5.16 Å². The van der Waals surface area contributed by atoms with Gasteiger partial charge >= 0.3 is 0 Å². The Morgan fingerprint density at radius 3 is 2.48 bits per heavy atom. The number of ether oxygens (including phenoxy) is 1. The summed E-state index contributed by atoms with van der Waals surface area (Å²) in [5, 5.41) is 7.57. The zero-order valence-electron chi connectivity index (χ0n) is 16.0. The van der Waals surface area contributed by atoms with Crippen LogP contribution in [0.2, 0.25) is 0 Å². The summed E-state index contributed by atoms with van der Waals surface area (Å²) in [6, 6.07) is 11.9. The molecule has 0 fully saturated rings. The maximum absolute atomic E-state index is 12.5. The third-order valence-corrected chi connectivity index (χ3v) is 5.23. The van der Waals surface area contributed by atoms with E-state index in [1.165, 1.54) is 22.9 Å². The molecule has 0 amide bonds. The number of aromatic nitrogens is 3. The van der Waals surface area contributed by atoms with Crippen molar-refractivity contribution in [1.29, 1.82) is 0 Å². The number of carbonyl (C=O) groups is 1. The summed E-state index contributed by atoms with van der Waals surface area (Å²) < 4.78 is 5.69. The van der Waals surface area contributed by atoms with E-state index in [9.17, 15) is 4.79 Å². The molecule has 0 unspecified atom stereocenters. The van der Waals surface area contributed by atoms with Crippen molar-refractivity contribution in [3.63, 3.8) is 0 Å². The molecule has 3 aromatic rings. The van der Waals surface area contributed by atoms with E-state index in [0.29, 0.717) is 23.3 Å². The van der Waals surface area contributed by atoms with Gasteiger partial charge in [0.25, 0.3) is 0 Å². The van der Waals surface area contributed by atoms with Crippen molar-refractivity contribution in [2.75, 3.05) is 5.75 Å². The molecule has 0 radical (unpaired) electrons. The molecule has 5 nitrogen and oxygen atoms in total. The number of hydrogen-bond donors (Lipinski definition) is 1. The van der Waals surface area contributed by atoms with Crippen LogP contribution in [0, 0.1) is 27.7 Å². The second-order valence-electron chi connectivity index (χ2n) is 6.63. The van der Waals surface area contributed by atoms with Crippen LogP contribution in [0.5, 0.6) is 5.75 Å². The third kappa shape index (κ3) is 4.98. The molecule has 0 bridgehead atoms. The highest BCUT2D eigenvalue weighted by Gasteiger charge is 2.13. The predicted octanol–water partition coefficient (Wildman–Crippen LogP) is 4.59. The number of H-pyrrole nitrogens is 1. The topological polar surface area (TPSA) is 67.9 Å². The first-order valence-corrected chi connectivity index (χ1v) is 9.75. The van der Waals surface area contributed by atoms with Crippen molar-refractivity contribution < 1.29 is 9.53 Å². The summed E-state index contributed by atoms with van der Waals surface area (Å²) in [5.74, 6) is 1.81. The van der Waals surface area contributed by atoms with Crippen LogP contribution in [0.3, 0.4) is 0 Å². The Hall–Kier alpha value is -2.60. The van der Waals surface area contributed by atoms with Crippen LogP contribution < -0.4 is 4.74 Å². The highest BCUT2D eigenvalue weighted by molar-refractivity contribution is 7.99. The molecular formula is C21H23N3O2S. The molecule has 0 saturated heterocycles. The Bertz CT molecular complexity index is 949. The van der Waals surface area contributed by atoms with Crippen molar-refractivity contribution in [1.82, 2.24) is 15.2 Å². The fourth-order valence-electron chi connectivity index (χ4n) is 2.66. The van der Waals surface area contributed by atoms with Crippen LogP contribution in [-0.4, -0.2) is 26.7 Å². The Morgan fingerprint density at radius 1 is 1.04 bits per heavy atom. The lowest BCUT2D eigenvalue weighted by Gasteiger charge is -2.08. The summed E-state index contributed by atoms with van der Waals surface area (Å²) in [6.07, 6.45) is 0. The fourth-order valence-corrected chi connectivity index (χ4v) is 3.36. The lowest BCUT2D eigenvalue weighted by molar-refractivity contribution is 0.102. The zero-order chi connectivity index (χ0) is 19.4. The Morgan fingerprint density at radius 2 is 1.74 bits per heavy atom. The monoisotopic (exact) mass is 381 g/mol. The van der Waals surface area contributed by atoms with Crippen molar-refractivity contribution >= 4 is 17.5 Å². The first-order chi connectivity index (χ1) is 12.9. The number of benzene rings is 2. The van der Waals surface area contributed by atoms with E-state index in [1.54, 1.807) is 0 Å². The van der Waals surface area contributed by atoms with Crippen molar-refractivity contribution in [3.05, 3.63) is 70.0 Å². The molecule has 6 heteroatoms. The van der Waals surface area contributed by atoms with Crippen molar-refractivity contribution in [2.45, 2.75) is 39.5 Å². The van der Waals surface area contributed by atoms with Gasteiger partial charge in [0.1, 0.15) is 12.4 Å². The van der Waals surface area contributed by atoms with Gasteiger partial charge in [-0.05, 0) is 62.6 Å². The smallest absolute Gasteiger partial charge is 0.208 e. The molecule has 27 heavy (non-hydrogen) atoms. The Kier molecular flexibility index (Phi) is 5.96. The first kappa shape index (κ1) is 19.2. The number of nitrogens with one attached hydrogen (secondary N) is 1. The SMILES string of the molecule is Cc1ccc(OCc2nc(SCC(=O)c3cc(C)c(C)cc3C)n[nH]2)cc1. The lowest BCUT2D eigenvalue weighted by Crippen LogP contribution is -2.06. The standard InChI is InChI=1S/C21H23N3O2S/c1-13-5-7-17(8-6-13)26-11-20-22-21(24-23-20)27-12-19(25)18-10-15(3)14(2)9-16(18)4/h5-10H,11-12H2,1-4H3,(H,22,23,24). The molecule has 3 rings (SSSR count). The second kappa shape index (κ2) is 8.39. The van der Waals surface area contributed by atoms with E-state index in [2.05, 4.69) is 28.2 Å². The van der Waals surface area contributed by atoms with E-state index in [-0.39, 0.29) is 5.78 Å². The van der Waals surface area contributed by atoms with Gasteiger partial charge in [0, 0.05) is 5.56 Å². The van der Waals surface area contributed by atoms with E-state index < -0.39 is 0 Å². The quantitative estimate of drug-likeness (QED) is 0.479. The lowest BCUT2D eigenvalue weighted by atomic mass is 9.99. The minimum atomic E-state index is 0.0860. The molecule has 0 atom stereocenters. The maximum atomic E-state index is 12.5. The average Bonchev–Trinajstić information content (AvgIpc) is 3.10. The first-order valence-electron chi connectivity index (χ1n) is 8.77. The molecule has 0 aliphatic rings. The van der Waals surface area contributed by atoms with Gasteiger partial charge in [-0.15, -0.1) is 5.10 Å². The van der Waals surface area contributed by atoms with Gasteiger partial charge < -0.3 is 4.74 Å². The summed E-state index contributed by atoms with van der Waals surface area (Å²) in [5.41, 5.74) is 5.28. The number of nitrogens with zero attached hydrogens (tertiary/aromatic N) is 2. The van der Waals surface area contributed by atoms with Crippen LogP contribution in [0.15, 0.2) is 41.6 Å². The van der Waals surface area contributed by atoms with Crippen LogP contribution in [-0.2, 0) is 6.61 Å². The number of hydrogen-bond acceptors (Lipinski definition) is 5. The number of aromatic amines is 1. The van der Waals surface area contributed by atoms with E-state index in [4.69, 9.17) is 4.74 Å². The number of carbonyl (C=O) groups excluding carboxylic acids is 1. The van der Waals surface area contributed by atoms with Crippen LogP contribution in [0.1, 0.15) is 38.4 Å². The van der Waals surface area contributed by atoms with E-state index in [1.807, 2.05) is 51.1 Å². The molecule has 1 N–H and O–H groups in total. The number of Topliss-reactive ketones (excluding diaryl/α,β-unsaturated/α-hetero) is 1. The molecule has 0 saturated carbocycles. The van der Waals surface area contributed by atoms with Crippen molar-refractivity contribution in [2.24, 2.45) is 0 Å². The Balaban J connectivity index is 1.55. The van der Waals surface area contributed by atoms with Crippen molar-refractivity contribution in [3.8, 4) is 5.75 Å². The summed E-state index contributed by atoms with van der Waals surface area (Å²) in [4.78, 5) is 16.9. The summed E-state index contributed by atoms with van der Waals surface area (Å²) in [7, 11) is 0. The van der Waals surface area contributed by atoms with Crippen LogP contribution in [0.25, 0.3) is 0 Å². The number of aryl methyl sites for hydroxylation is 4. The van der Waals surface area contributed by atoms with Crippen LogP contribution >= 0.6 is 11.8 Å². The van der Waals surface area contributed by atoms with Gasteiger partial charge in [-0.3, -0.25) is 9.89 Å². The average molecular weight is 382 g/mol. The number of rotatable bonds is 7. The second-order valence-corrected chi connectivity index (χ2v) is 7.57.